The van der Waals surface area contributed by atoms with Crippen molar-refractivity contribution >= 4 is 33.7 Å². The maximum absolute atomic E-state index is 11.9. The van der Waals surface area contributed by atoms with Gasteiger partial charge in [0.25, 0.3) is 5.91 Å². The van der Waals surface area contributed by atoms with E-state index in [1.54, 1.807) is 6.92 Å². The molecule has 0 radical (unpaired) electrons. The third-order valence-electron chi connectivity index (χ3n) is 3.01. The average Bonchev–Trinajstić information content (AvgIpc) is 2.51. The molecule has 0 saturated heterocycles. The zero-order chi connectivity index (χ0) is 16.8. The predicted molar refractivity (Wildman–Crippen MR) is 92.7 cm³/mol. The molecule has 4 N–H and O–H groups in total. The summed E-state index contributed by atoms with van der Waals surface area (Å²) >= 11 is 3.34. The Labute approximate surface area is 142 Å². The molecule has 0 saturated carbocycles. The average molecular weight is 378 g/mol. The standard InChI is InChI=1S/C16H16BrN3O3/c1-10(19-13-5-3-12(17)4-6-13)16(23)20-18-9-11-2-7-14(21)8-15(11)22/h2-10,19,21-22H,1H3,(H,20,23). The molecule has 1 atom stereocenters. The van der Waals surface area contributed by atoms with Gasteiger partial charge in [-0.3, -0.25) is 4.79 Å². The van der Waals surface area contributed by atoms with Gasteiger partial charge < -0.3 is 15.5 Å². The highest BCUT2D eigenvalue weighted by Gasteiger charge is 2.11. The molecule has 0 aliphatic carbocycles. The van der Waals surface area contributed by atoms with Crippen molar-refractivity contribution in [3.8, 4) is 11.5 Å². The second-order valence-electron chi connectivity index (χ2n) is 4.85. The third-order valence-corrected chi connectivity index (χ3v) is 3.54. The molecule has 2 aromatic rings. The summed E-state index contributed by atoms with van der Waals surface area (Å²) in [5.74, 6) is -0.484. The minimum Gasteiger partial charge on any atom is -0.508 e. The monoisotopic (exact) mass is 377 g/mol. The van der Waals surface area contributed by atoms with Crippen LogP contribution in [0.15, 0.2) is 52.0 Å². The number of phenolic OH excluding ortho intramolecular Hbond substituents is 2. The van der Waals surface area contributed by atoms with E-state index in [-0.39, 0.29) is 17.4 Å². The summed E-state index contributed by atoms with van der Waals surface area (Å²) < 4.78 is 0.957. The highest BCUT2D eigenvalue weighted by Crippen LogP contribution is 2.20. The molecule has 1 amide bonds. The summed E-state index contributed by atoms with van der Waals surface area (Å²) in [5.41, 5.74) is 3.59. The number of nitrogens with one attached hydrogen (secondary N) is 2. The summed E-state index contributed by atoms with van der Waals surface area (Å²) in [6, 6.07) is 11.1. The van der Waals surface area contributed by atoms with Crippen LogP contribution in [0.5, 0.6) is 11.5 Å². The molecule has 0 aliphatic heterocycles. The molecule has 6 nitrogen and oxygen atoms in total. The van der Waals surface area contributed by atoms with Gasteiger partial charge in [0.1, 0.15) is 17.5 Å². The zero-order valence-electron chi connectivity index (χ0n) is 12.3. The number of amides is 1. The van der Waals surface area contributed by atoms with E-state index in [1.165, 1.54) is 24.4 Å². The van der Waals surface area contributed by atoms with E-state index in [1.807, 2.05) is 24.3 Å². The van der Waals surface area contributed by atoms with E-state index < -0.39 is 6.04 Å². The normalized spacial score (nSPS) is 12.1. The largest absolute Gasteiger partial charge is 0.508 e. The van der Waals surface area contributed by atoms with Crippen LogP contribution in [0.3, 0.4) is 0 Å². The Morgan fingerprint density at radius 1 is 1.22 bits per heavy atom. The van der Waals surface area contributed by atoms with Crippen molar-refractivity contribution in [2.75, 3.05) is 5.32 Å². The first-order valence-corrected chi connectivity index (χ1v) is 7.62. The summed E-state index contributed by atoms with van der Waals surface area (Å²) in [7, 11) is 0. The van der Waals surface area contributed by atoms with Crippen molar-refractivity contribution in [3.05, 3.63) is 52.5 Å². The van der Waals surface area contributed by atoms with Gasteiger partial charge in [0, 0.05) is 21.8 Å². The topological polar surface area (TPSA) is 94.0 Å². The number of nitrogens with zero attached hydrogens (tertiary/aromatic N) is 1. The van der Waals surface area contributed by atoms with Gasteiger partial charge in [-0.05, 0) is 43.3 Å². The van der Waals surface area contributed by atoms with E-state index in [2.05, 4.69) is 31.8 Å². The first kappa shape index (κ1) is 16.8. The van der Waals surface area contributed by atoms with Crippen LogP contribution < -0.4 is 10.7 Å². The summed E-state index contributed by atoms with van der Waals surface area (Å²) in [6.07, 6.45) is 1.30. The van der Waals surface area contributed by atoms with Crippen LogP contribution in [0, 0.1) is 0 Å². The number of phenols is 2. The van der Waals surface area contributed by atoms with E-state index in [4.69, 9.17) is 0 Å². The van der Waals surface area contributed by atoms with Gasteiger partial charge in [-0.2, -0.15) is 5.10 Å². The van der Waals surface area contributed by atoms with Gasteiger partial charge in [0.2, 0.25) is 0 Å². The maximum atomic E-state index is 11.9. The minimum absolute atomic E-state index is 0.0454. The van der Waals surface area contributed by atoms with Gasteiger partial charge in [0.05, 0.1) is 6.21 Å². The summed E-state index contributed by atoms with van der Waals surface area (Å²) in [4.78, 5) is 11.9. The van der Waals surface area contributed by atoms with Gasteiger partial charge in [-0.1, -0.05) is 15.9 Å². The van der Waals surface area contributed by atoms with Gasteiger partial charge in [0.15, 0.2) is 0 Å². The number of carbonyl (C=O) groups is 1. The molecule has 0 bridgehead atoms. The molecule has 0 heterocycles. The van der Waals surface area contributed by atoms with Gasteiger partial charge in [-0.25, -0.2) is 5.43 Å². The zero-order valence-corrected chi connectivity index (χ0v) is 13.9. The number of hydrazone groups is 1. The second kappa shape index (κ2) is 7.64. The number of anilines is 1. The van der Waals surface area contributed by atoms with E-state index in [0.717, 1.165) is 10.2 Å². The van der Waals surface area contributed by atoms with E-state index >= 15 is 0 Å². The van der Waals surface area contributed by atoms with Crippen molar-refractivity contribution in [3.63, 3.8) is 0 Å². The first-order valence-electron chi connectivity index (χ1n) is 6.82. The van der Waals surface area contributed by atoms with Crippen LogP contribution in [0.4, 0.5) is 5.69 Å². The molecular weight excluding hydrogens is 362 g/mol. The molecule has 2 aromatic carbocycles. The smallest absolute Gasteiger partial charge is 0.262 e. The molecule has 0 spiro atoms. The Bertz CT molecular complexity index is 717. The SMILES string of the molecule is CC(Nc1ccc(Br)cc1)C(=O)NN=Cc1ccc(O)cc1O. The van der Waals surface area contributed by atoms with Crippen molar-refractivity contribution in [2.45, 2.75) is 13.0 Å². The predicted octanol–water partition coefficient (Wildman–Crippen LogP) is 2.81. The molecule has 23 heavy (non-hydrogen) atoms. The molecule has 1 unspecified atom stereocenters. The number of rotatable bonds is 5. The molecule has 2 rings (SSSR count). The van der Waals surface area contributed by atoms with Crippen molar-refractivity contribution in [1.82, 2.24) is 5.43 Å². The summed E-state index contributed by atoms with van der Waals surface area (Å²) in [5, 5.41) is 25.6. The second-order valence-corrected chi connectivity index (χ2v) is 5.77. The number of carbonyl (C=O) groups excluding carboxylic acids is 1. The Morgan fingerprint density at radius 3 is 2.57 bits per heavy atom. The number of hydrogen-bond acceptors (Lipinski definition) is 5. The van der Waals surface area contributed by atoms with Crippen LogP contribution >= 0.6 is 15.9 Å². The Kier molecular flexibility index (Phi) is 5.59. The molecule has 0 aromatic heterocycles. The van der Waals surface area contributed by atoms with E-state index in [9.17, 15) is 15.0 Å². The number of aromatic hydroxyl groups is 2. The fraction of sp³-hybridized carbons (Fsp3) is 0.125. The molecule has 0 fully saturated rings. The Balaban J connectivity index is 1.90. The van der Waals surface area contributed by atoms with Gasteiger partial charge >= 0.3 is 0 Å². The Morgan fingerprint density at radius 2 is 1.91 bits per heavy atom. The lowest BCUT2D eigenvalue weighted by atomic mass is 10.2. The van der Waals surface area contributed by atoms with Crippen LogP contribution in [0.2, 0.25) is 0 Å². The maximum Gasteiger partial charge on any atom is 0.262 e. The number of hydrogen-bond donors (Lipinski definition) is 4. The van der Waals surface area contributed by atoms with Crippen LogP contribution in [-0.2, 0) is 4.79 Å². The lowest BCUT2D eigenvalue weighted by molar-refractivity contribution is -0.121. The van der Waals surface area contributed by atoms with Crippen molar-refractivity contribution < 1.29 is 15.0 Å². The minimum atomic E-state index is -0.484. The van der Waals surface area contributed by atoms with Crippen LogP contribution in [0.25, 0.3) is 0 Å². The van der Waals surface area contributed by atoms with Crippen molar-refractivity contribution in [1.29, 1.82) is 0 Å². The van der Waals surface area contributed by atoms with Crippen LogP contribution in [-0.4, -0.2) is 28.4 Å². The Hall–Kier alpha value is -2.54. The number of benzene rings is 2. The highest BCUT2D eigenvalue weighted by molar-refractivity contribution is 9.10. The molecule has 120 valence electrons. The number of halogens is 1. The van der Waals surface area contributed by atoms with Gasteiger partial charge in [-0.15, -0.1) is 0 Å². The first-order chi connectivity index (χ1) is 11.0. The third kappa shape index (κ3) is 5.00. The fourth-order valence-electron chi connectivity index (χ4n) is 1.77. The fourth-order valence-corrected chi connectivity index (χ4v) is 2.03. The quantitative estimate of drug-likeness (QED) is 0.476. The molecule has 7 heteroatoms. The molecule has 0 aliphatic rings. The lowest BCUT2D eigenvalue weighted by Crippen LogP contribution is -2.34. The van der Waals surface area contributed by atoms with Crippen molar-refractivity contribution in [2.24, 2.45) is 5.10 Å². The lowest BCUT2D eigenvalue weighted by Gasteiger charge is -2.13. The van der Waals surface area contributed by atoms with Crippen LogP contribution in [0.1, 0.15) is 12.5 Å². The van der Waals surface area contributed by atoms with E-state index in [0.29, 0.717) is 5.56 Å². The summed E-state index contributed by atoms with van der Waals surface area (Å²) in [6.45, 7) is 1.71. The highest BCUT2D eigenvalue weighted by atomic mass is 79.9. The molecular formula is C16H16BrN3O3.